The number of fused-ring (bicyclic) bond motifs is 1. The van der Waals surface area contributed by atoms with Gasteiger partial charge in [-0.05, 0) is 45.2 Å². The molecule has 0 saturated heterocycles. The summed E-state index contributed by atoms with van der Waals surface area (Å²) in [6.07, 6.45) is -4.63. The number of carbonyl (C=O) groups excluding carboxylic acids is 1. The maximum atomic E-state index is 13.1. The van der Waals surface area contributed by atoms with Crippen LogP contribution in [0.15, 0.2) is 24.3 Å². The molecule has 1 unspecified atom stereocenters. The topological polar surface area (TPSA) is 56.1 Å². The molecule has 0 spiro atoms. The highest BCUT2D eigenvalue weighted by molar-refractivity contribution is 5.68. The summed E-state index contributed by atoms with van der Waals surface area (Å²) in [6.45, 7) is 7.81. The highest BCUT2D eigenvalue weighted by Gasteiger charge is 2.42. The lowest BCUT2D eigenvalue weighted by Crippen LogP contribution is -2.32. The predicted octanol–water partition coefficient (Wildman–Crippen LogP) is 5.01. The fourth-order valence-electron chi connectivity index (χ4n) is 3.47. The smallest absolute Gasteiger partial charge is 0.407 e. The van der Waals surface area contributed by atoms with Crippen LogP contribution in [0.5, 0.6) is 0 Å². The summed E-state index contributed by atoms with van der Waals surface area (Å²) in [4.78, 5) is 11.7. The minimum atomic E-state index is -4.18. The Morgan fingerprint density at radius 3 is 2.48 bits per heavy atom. The van der Waals surface area contributed by atoms with E-state index in [0.29, 0.717) is 17.9 Å². The number of hydrogen-bond donors (Lipinski definition) is 1. The van der Waals surface area contributed by atoms with E-state index < -0.39 is 23.8 Å². The molecule has 1 aliphatic rings. The first-order valence-corrected chi connectivity index (χ1v) is 9.63. The van der Waals surface area contributed by atoms with E-state index in [2.05, 4.69) is 10.4 Å². The second-order valence-corrected chi connectivity index (χ2v) is 8.43. The first-order chi connectivity index (χ1) is 13.4. The summed E-state index contributed by atoms with van der Waals surface area (Å²) >= 11 is 0. The first kappa shape index (κ1) is 21.2. The van der Waals surface area contributed by atoms with E-state index in [1.165, 1.54) is 0 Å². The first-order valence-electron chi connectivity index (χ1n) is 9.63. The largest absolute Gasteiger partial charge is 0.444 e. The Balaban J connectivity index is 1.70. The quantitative estimate of drug-likeness (QED) is 0.776. The van der Waals surface area contributed by atoms with Gasteiger partial charge >= 0.3 is 12.3 Å². The number of alkyl halides is 3. The van der Waals surface area contributed by atoms with Crippen LogP contribution in [0.1, 0.15) is 44.0 Å². The average molecular weight is 409 g/mol. The van der Waals surface area contributed by atoms with Gasteiger partial charge in [0.25, 0.3) is 0 Å². The number of aryl methyl sites for hydroxylation is 1. The summed E-state index contributed by atoms with van der Waals surface area (Å²) in [5, 5.41) is 7.24. The Hall–Kier alpha value is -2.51. The van der Waals surface area contributed by atoms with Crippen molar-refractivity contribution in [3.63, 3.8) is 0 Å². The van der Waals surface area contributed by atoms with Crippen molar-refractivity contribution < 1.29 is 22.7 Å². The molecule has 0 bridgehead atoms. The molecule has 1 aliphatic heterocycles. The van der Waals surface area contributed by atoms with Crippen LogP contribution in [0, 0.1) is 12.8 Å². The van der Waals surface area contributed by atoms with Gasteiger partial charge in [-0.15, -0.1) is 0 Å². The van der Waals surface area contributed by atoms with Crippen LogP contribution in [-0.4, -0.2) is 27.7 Å². The summed E-state index contributed by atoms with van der Waals surface area (Å²) in [5.74, 6) is -1.31. The summed E-state index contributed by atoms with van der Waals surface area (Å²) in [7, 11) is 0. The van der Waals surface area contributed by atoms with Crippen LogP contribution >= 0.6 is 0 Å². The monoisotopic (exact) mass is 409 g/mol. The number of ether oxygens (including phenoxy) is 1. The minimum absolute atomic E-state index is 0.0276. The van der Waals surface area contributed by atoms with Crippen LogP contribution in [0.2, 0.25) is 0 Å². The van der Waals surface area contributed by atoms with E-state index in [0.717, 1.165) is 16.7 Å². The van der Waals surface area contributed by atoms with Gasteiger partial charge < -0.3 is 10.1 Å². The molecular formula is C21H26F3N3O2. The Morgan fingerprint density at radius 1 is 1.24 bits per heavy atom. The van der Waals surface area contributed by atoms with E-state index in [9.17, 15) is 18.0 Å². The van der Waals surface area contributed by atoms with Crippen molar-refractivity contribution in [3.8, 4) is 11.3 Å². The molecule has 1 atom stereocenters. The fourth-order valence-corrected chi connectivity index (χ4v) is 3.47. The predicted molar refractivity (Wildman–Crippen MR) is 103 cm³/mol. The molecule has 0 aliphatic carbocycles. The highest BCUT2D eigenvalue weighted by Crippen LogP contribution is 2.37. The van der Waals surface area contributed by atoms with E-state index in [1.54, 1.807) is 25.5 Å². The van der Waals surface area contributed by atoms with Crippen molar-refractivity contribution in [1.82, 2.24) is 15.1 Å². The lowest BCUT2D eigenvalue weighted by atomic mass is 9.93. The maximum absolute atomic E-state index is 13.1. The lowest BCUT2D eigenvalue weighted by molar-refractivity contribution is -0.179. The zero-order valence-corrected chi connectivity index (χ0v) is 17.1. The van der Waals surface area contributed by atoms with Gasteiger partial charge in [-0.3, -0.25) is 4.68 Å². The third-order valence-corrected chi connectivity index (χ3v) is 4.98. The van der Waals surface area contributed by atoms with Gasteiger partial charge in [0.1, 0.15) is 5.60 Å². The zero-order valence-electron chi connectivity index (χ0n) is 17.1. The lowest BCUT2D eigenvalue weighted by Gasteiger charge is -2.25. The Bertz CT molecular complexity index is 880. The average Bonchev–Trinajstić information content (AvgIpc) is 2.94. The molecule has 2 aromatic rings. The second kappa shape index (κ2) is 7.72. The van der Waals surface area contributed by atoms with Gasteiger partial charge in [0.2, 0.25) is 0 Å². The van der Waals surface area contributed by atoms with Crippen molar-refractivity contribution in [2.75, 3.05) is 0 Å². The maximum Gasteiger partial charge on any atom is 0.407 e. The Morgan fingerprint density at radius 2 is 1.90 bits per heavy atom. The van der Waals surface area contributed by atoms with Gasteiger partial charge in [0.15, 0.2) is 0 Å². The molecule has 1 aromatic carbocycles. The highest BCUT2D eigenvalue weighted by atomic mass is 19.4. The summed E-state index contributed by atoms with van der Waals surface area (Å²) in [6, 6.07) is 7.47. The zero-order chi connectivity index (χ0) is 21.4. The molecular weight excluding hydrogens is 383 g/mol. The Labute approximate surface area is 168 Å². The minimum Gasteiger partial charge on any atom is -0.444 e. The number of nitrogens with one attached hydrogen (secondary N) is 1. The van der Waals surface area contributed by atoms with Crippen molar-refractivity contribution in [2.24, 2.45) is 5.92 Å². The van der Waals surface area contributed by atoms with Gasteiger partial charge in [-0.1, -0.05) is 24.3 Å². The van der Waals surface area contributed by atoms with Gasteiger partial charge in [-0.2, -0.15) is 18.3 Å². The molecule has 1 amide bonds. The number of amides is 1. The van der Waals surface area contributed by atoms with Crippen molar-refractivity contribution >= 4 is 6.09 Å². The Kier molecular flexibility index (Phi) is 5.65. The van der Waals surface area contributed by atoms with Crippen molar-refractivity contribution in [1.29, 1.82) is 0 Å². The molecule has 8 heteroatoms. The molecule has 158 valence electrons. The van der Waals surface area contributed by atoms with E-state index in [1.807, 2.05) is 31.2 Å². The molecule has 1 aromatic heterocycles. The van der Waals surface area contributed by atoms with Crippen LogP contribution in [-0.2, 0) is 24.2 Å². The van der Waals surface area contributed by atoms with Crippen molar-refractivity contribution in [2.45, 2.75) is 65.4 Å². The number of aromatic nitrogens is 2. The number of hydrogen-bond acceptors (Lipinski definition) is 3. The van der Waals surface area contributed by atoms with E-state index in [-0.39, 0.29) is 19.4 Å². The molecule has 0 saturated carbocycles. The fraction of sp³-hybridized carbons (Fsp3) is 0.524. The van der Waals surface area contributed by atoms with E-state index in [4.69, 9.17) is 4.74 Å². The summed E-state index contributed by atoms with van der Waals surface area (Å²) < 4.78 is 46.2. The van der Waals surface area contributed by atoms with E-state index >= 15 is 0 Å². The number of carbonyl (C=O) groups is 1. The summed E-state index contributed by atoms with van der Waals surface area (Å²) in [5.41, 5.74) is 3.32. The molecule has 2 heterocycles. The third-order valence-electron chi connectivity index (χ3n) is 4.98. The normalized spacial score (nSPS) is 17.0. The SMILES string of the molecule is Cc1c(-c2ccc(CNC(=O)OC(C)(C)C)cc2)nn2c1CC(C(F)(F)F)CC2. The van der Waals surface area contributed by atoms with Crippen LogP contribution in [0.25, 0.3) is 11.3 Å². The standard InChI is InChI=1S/C21H26F3N3O2/c1-13-17-11-16(21(22,23)24)9-10-27(17)26-18(13)15-7-5-14(6-8-15)12-25-19(28)29-20(2,3)4/h5-8,16H,9-12H2,1-4H3,(H,25,28). The van der Waals surface area contributed by atoms with Crippen LogP contribution in [0.3, 0.4) is 0 Å². The molecule has 0 radical (unpaired) electrons. The third kappa shape index (κ3) is 5.10. The molecule has 0 fully saturated rings. The van der Waals surface area contributed by atoms with Crippen LogP contribution < -0.4 is 5.32 Å². The number of rotatable bonds is 3. The molecule has 1 N–H and O–H groups in total. The number of nitrogens with zero attached hydrogens (tertiary/aromatic N) is 2. The molecule has 29 heavy (non-hydrogen) atoms. The number of alkyl carbamates (subject to hydrolysis) is 1. The second-order valence-electron chi connectivity index (χ2n) is 8.43. The van der Waals surface area contributed by atoms with Gasteiger partial charge in [-0.25, -0.2) is 4.79 Å². The van der Waals surface area contributed by atoms with Crippen LogP contribution in [0.4, 0.5) is 18.0 Å². The van der Waals surface area contributed by atoms with Gasteiger partial charge in [0, 0.05) is 30.8 Å². The van der Waals surface area contributed by atoms with Gasteiger partial charge in [0.05, 0.1) is 11.6 Å². The number of halogens is 3. The molecule has 3 rings (SSSR count). The van der Waals surface area contributed by atoms with Crippen molar-refractivity contribution in [3.05, 3.63) is 41.1 Å². The molecule has 5 nitrogen and oxygen atoms in total. The number of benzene rings is 1.